The van der Waals surface area contributed by atoms with Crippen LogP contribution in [0.4, 0.5) is 0 Å². The summed E-state index contributed by atoms with van der Waals surface area (Å²) in [4.78, 5) is 0. The third-order valence-electron chi connectivity index (χ3n) is 2.66. The minimum Gasteiger partial charge on any atom is -0.455 e. The minimum atomic E-state index is -0.438. The topological polar surface area (TPSA) is 0 Å². The van der Waals surface area contributed by atoms with Crippen molar-refractivity contribution in [2.24, 2.45) is 0 Å². The van der Waals surface area contributed by atoms with E-state index in [1.165, 1.54) is 3.81 Å². The van der Waals surface area contributed by atoms with Crippen LogP contribution in [0.2, 0.25) is 26.2 Å². The Morgan fingerprint density at radius 1 is 0.778 bits per heavy atom. The number of rotatable bonds is 2. The first kappa shape index (κ1) is 9.39. The van der Waals surface area contributed by atoms with Crippen LogP contribution in [0.1, 0.15) is 0 Å². The molecule has 1 nitrogen and oxygen atoms in total. The van der Waals surface area contributed by atoms with E-state index < -0.39 is 17.9 Å². The minimum absolute atomic E-state index is 0.438. The van der Waals surface area contributed by atoms with Crippen LogP contribution in [-0.2, 0) is 0 Å². The van der Waals surface area contributed by atoms with Crippen LogP contribution in [0.5, 0.6) is 0 Å². The molecule has 0 amide bonds. The van der Waals surface area contributed by atoms with Gasteiger partial charge < -0.3 is 3.81 Å². The monoisotopic (exact) mass is 162 g/mol. The Morgan fingerprint density at radius 3 is 1.00 bits per heavy atom. The van der Waals surface area contributed by atoms with Gasteiger partial charge in [-0.15, -0.1) is 0 Å². The first-order valence-corrected chi connectivity index (χ1v) is 9.37. The largest absolute Gasteiger partial charge is 0.455 e. The molecule has 0 aromatic rings. The lowest BCUT2D eigenvalue weighted by Gasteiger charge is -2.39. The van der Waals surface area contributed by atoms with Crippen molar-refractivity contribution >= 4 is 17.9 Å². The van der Waals surface area contributed by atoms with Gasteiger partial charge in [-0.3, -0.25) is 0 Å². The van der Waals surface area contributed by atoms with E-state index in [-0.39, 0.29) is 0 Å². The molecule has 0 saturated carbocycles. The van der Waals surface area contributed by atoms with Crippen LogP contribution >= 0.6 is 0 Å². The molecule has 0 radical (unpaired) electrons. The van der Waals surface area contributed by atoms with E-state index in [0.29, 0.717) is 0 Å². The molecule has 0 unspecified atom stereocenters. The molecule has 0 aliphatic carbocycles. The summed E-state index contributed by atoms with van der Waals surface area (Å²) >= 11 is 0. The highest BCUT2D eigenvalue weighted by Gasteiger charge is 2.25. The Kier molecular flexibility index (Phi) is 3.12. The molecule has 0 aromatic heterocycles. The van der Waals surface area contributed by atoms with Crippen LogP contribution < -0.4 is 0 Å². The molecule has 0 N–H and O–H groups in total. The van der Waals surface area contributed by atoms with E-state index in [2.05, 4.69) is 40.3 Å². The summed E-state index contributed by atoms with van der Waals surface area (Å²) in [6.45, 7) is 9.75. The fourth-order valence-electron chi connectivity index (χ4n) is 0.596. The van der Waals surface area contributed by atoms with Gasteiger partial charge in [-0.2, -0.15) is 0 Å². The summed E-state index contributed by atoms with van der Waals surface area (Å²) in [7, 11) is 3.92. The van der Waals surface area contributed by atoms with Crippen LogP contribution in [-0.4, -0.2) is 35.8 Å². The van der Waals surface area contributed by atoms with E-state index in [4.69, 9.17) is 0 Å². The molecule has 0 saturated heterocycles. The molecular weight excluding hydrogens is 142 g/mol. The third kappa shape index (κ3) is 2.23. The Bertz CT molecular complexity index is 79.1. The summed E-state index contributed by atoms with van der Waals surface area (Å²) in [5.74, 6) is 0. The van der Waals surface area contributed by atoms with Gasteiger partial charge >= 0.3 is 0 Å². The van der Waals surface area contributed by atoms with Gasteiger partial charge in [0, 0.05) is 14.1 Å². The number of hydrogen-bond acceptors (Lipinski definition) is 0. The maximum atomic E-state index is 2.44. The van der Waals surface area contributed by atoms with Crippen molar-refractivity contribution in [1.29, 1.82) is 0 Å². The SMILES string of the molecule is C[SiH](C)[N+](C)(C)[SiH](C)C. The van der Waals surface area contributed by atoms with Crippen molar-refractivity contribution in [1.82, 2.24) is 0 Å². The first-order chi connectivity index (χ1) is 3.89. The predicted molar refractivity (Wildman–Crippen MR) is 49.9 cm³/mol. The average molecular weight is 162 g/mol. The normalized spacial score (nSPS) is 13.3. The highest BCUT2D eigenvalue weighted by Crippen LogP contribution is 2.05. The van der Waals surface area contributed by atoms with Gasteiger partial charge in [0.05, 0.1) is 0 Å². The second-order valence-corrected chi connectivity index (χ2v) is 11.4. The van der Waals surface area contributed by atoms with Crippen LogP contribution in [0, 0.1) is 0 Å². The van der Waals surface area contributed by atoms with Crippen molar-refractivity contribution in [3.8, 4) is 0 Å². The van der Waals surface area contributed by atoms with Crippen LogP contribution in [0.25, 0.3) is 0 Å². The molecule has 0 rings (SSSR count). The zero-order valence-electron chi connectivity index (χ0n) is 7.60. The molecule has 0 aliphatic rings. The zero-order chi connectivity index (χ0) is 7.65. The van der Waals surface area contributed by atoms with Crippen molar-refractivity contribution in [3.05, 3.63) is 0 Å². The van der Waals surface area contributed by atoms with Gasteiger partial charge in [0.2, 0.25) is 17.9 Å². The van der Waals surface area contributed by atoms with E-state index in [0.717, 1.165) is 0 Å². The van der Waals surface area contributed by atoms with Crippen LogP contribution in [0.15, 0.2) is 0 Å². The Morgan fingerprint density at radius 2 is 1.00 bits per heavy atom. The van der Waals surface area contributed by atoms with Gasteiger partial charge in [-0.1, -0.05) is 0 Å². The predicted octanol–water partition coefficient (Wildman–Crippen LogP) is 1.03. The molecular formula is C6H20NSi2+. The molecule has 56 valence electrons. The quantitative estimate of drug-likeness (QED) is 0.532. The summed E-state index contributed by atoms with van der Waals surface area (Å²) in [6, 6.07) is 0. The highest BCUT2D eigenvalue weighted by atomic mass is 28.4. The maximum Gasteiger partial charge on any atom is 0.246 e. The van der Waals surface area contributed by atoms with Gasteiger partial charge in [0.25, 0.3) is 0 Å². The van der Waals surface area contributed by atoms with Crippen molar-refractivity contribution in [2.45, 2.75) is 26.2 Å². The number of nitrogens with zero attached hydrogens (tertiary/aromatic N) is 1. The highest BCUT2D eigenvalue weighted by molar-refractivity contribution is 6.61. The van der Waals surface area contributed by atoms with Crippen molar-refractivity contribution in [2.75, 3.05) is 14.1 Å². The number of quaternary nitrogens is 1. The molecule has 0 fully saturated rings. The van der Waals surface area contributed by atoms with E-state index in [1.54, 1.807) is 0 Å². The van der Waals surface area contributed by atoms with Gasteiger partial charge in [0.15, 0.2) is 0 Å². The maximum absolute atomic E-state index is 2.44. The standard InChI is InChI=1S/C6H20NSi2/c1-7(2,8(3)4)9(5)6/h8-9H,1-6H3/q+1. The molecule has 0 aliphatic heterocycles. The third-order valence-corrected chi connectivity index (χ3v) is 11.6. The molecule has 0 bridgehead atoms. The second kappa shape index (κ2) is 2.99. The lowest BCUT2D eigenvalue weighted by Crippen LogP contribution is -2.56. The summed E-state index contributed by atoms with van der Waals surface area (Å²) in [5.41, 5.74) is 0. The lowest BCUT2D eigenvalue weighted by atomic mass is 11.2. The van der Waals surface area contributed by atoms with E-state index in [1.807, 2.05) is 0 Å². The summed E-state index contributed by atoms with van der Waals surface area (Å²) in [6.07, 6.45) is 0. The lowest BCUT2D eigenvalue weighted by molar-refractivity contribution is -0.667. The van der Waals surface area contributed by atoms with Gasteiger partial charge in [-0.25, -0.2) is 0 Å². The summed E-state index contributed by atoms with van der Waals surface area (Å²) < 4.78 is 1.39. The first-order valence-electron chi connectivity index (χ1n) is 3.72. The Labute approximate surface area is 62.6 Å². The van der Waals surface area contributed by atoms with E-state index in [9.17, 15) is 0 Å². The Hall–Kier alpha value is 0.394. The molecule has 0 atom stereocenters. The fourth-order valence-corrected chi connectivity index (χ4v) is 5.37. The van der Waals surface area contributed by atoms with Gasteiger partial charge in [-0.05, 0) is 26.2 Å². The molecule has 9 heavy (non-hydrogen) atoms. The van der Waals surface area contributed by atoms with Crippen molar-refractivity contribution in [3.63, 3.8) is 0 Å². The molecule has 0 heterocycles. The molecule has 3 heteroatoms. The van der Waals surface area contributed by atoms with Crippen LogP contribution in [0.3, 0.4) is 0 Å². The smallest absolute Gasteiger partial charge is 0.246 e. The average Bonchev–Trinajstić information content (AvgIpc) is 1.65. The van der Waals surface area contributed by atoms with Gasteiger partial charge in [0.1, 0.15) is 0 Å². The fraction of sp³-hybridized carbons (Fsp3) is 1.00. The van der Waals surface area contributed by atoms with Crippen molar-refractivity contribution < 1.29 is 3.81 Å². The zero-order valence-corrected chi connectivity index (χ0v) is 9.91. The number of hydrogen-bond donors (Lipinski definition) is 0. The second-order valence-electron chi connectivity index (χ2n) is 3.82. The Balaban J connectivity index is 4.01. The molecule has 0 spiro atoms. The van der Waals surface area contributed by atoms with E-state index >= 15 is 0 Å². The molecule has 0 aromatic carbocycles. The summed E-state index contributed by atoms with van der Waals surface area (Å²) in [5, 5.41) is 0.